The van der Waals surface area contributed by atoms with Crippen molar-refractivity contribution in [1.29, 1.82) is 15.8 Å². The maximum absolute atomic E-state index is 13.6. The van der Waals surface area contributed by atoms with Gasteiger partial charge in [0.1, 0.15) is 41.1 Å². The Kier molecular flexibility index (Phi) is 26.1. The van der Waals surface area contributed by atoms with Crippen molar-refractivity contribution in [3.63, 3.8) is 0 Å². The number of Topliss-reactive ketones (excluding diaryl/α,β-unsaturated/α-hetero) is 1. The van der Waals surface area contributed by atoms with E-state index in [9.17, 15) is 65.6 Å². The molecular formula is C104H117N15O20. The van der Waals surface area contributed by atoms with Crippen molar-refractivity contribution in [2.75, 3.05) is 105 Å². The molecule has 1 unspecified atom stereocenters. The van der Waals surface area contributed by atoms with Crippen LogP contribution in [0.25, 0.3) is 10.9 Å². The lowest BCUT2D eigenvalue weighted by atomic mass is 9.70. The van der Waals surface area contributed by atoms with Crippen molar-refractivity contribution in [2.24, 2.45) is 0 Å². The number of para-hydroxylation sites is 1. The number of ketones is 1. The Hall–Kier alpha value is -14.3. The van der Waals surface area contributed by atoms with Gasteiger partial charge in [-0.05, 0) is 190 Å². The fraction of sp³-hybridized carbons (Fsp3) is 0.433. The number of fused-ring (bicyclic) bond motifs is 22. The van der Waals surface area contributed by atoms with Crippen LogP contribution in [0, 0.1) is 96.3 Å². The molecule has 9 aliphatic heterocycles. The van der Waals surface area contributed by atoms with Crippen molar-refractivity contribution in [3.05, 3.63) is 201 Å². The number of nitrogens with one attached hydrogen (secondary N) is 4. The van der Waals surface area contributed by atoms with Crippen LogP contribution in [0.5, 0.6) is 86.2 Å². The van der Waals surface area contributed by atoms with E-state index in [1.165, 1.54) is 52.4 Å². The van der Waals surface area contributed by atoms with E-state index in [2.05, 4.69) is 73.6 Å². The molecule has 19 rings (SSSR count). The van der Waals surface area contributed by atoms with Gasteiger partial charge in [-0.1, -0.05) is 18.2 Å². The molecule has 0 radical (unpaired) electrons. The minimum Gasteiger partial charge on any atom is -0.504 e. The maximum Gasteiger partial charge on any atom is 0.292 e. The highest BCUT2D eigenvalue weighted by molar-refractivity contribution is 6.45. The number of nitriles is 3. The van der Waals surface area contributed by atoms with E-state index in [1.54, 1.807) is 73.8 Å². The molecule has 3 fully saturated rings. The Morgan fingerprint density at radius 2 is 0.741 bits per heavy atom. The molecule has 10 aromatic rings. The number of piperazine rings is 3. The third-order valence-corrected chi connectivity index (χ3v) is 31.5. The molecule has 0 saturated carbocycles. The van der Waals surface area contributed by atoms with Gasteiger partial charge in [-0.25, -0.2) is 4.98 Å². The smallest absolute Gasteiger partial charge is 0.292 e. The highest BCUT2D eigenvalue weighted by atomic mass is 16.5. The summed E-state index contributed by atoms with van der Waals surface area (Å²) in [5.74, 6) is 1.59. The molecule has 0 spiro atoms. The molecule has 3 amide bonds. The number of rotatable bonds is 19. The maximum atomic E-state index is 13.6. The molecule has 728 valence electrons. The fourth-order valence-corrected chi connectivity index (χ4v) is 25.1. The standard InChI is InChI=1S/C38H41N5O7.C33H38N6O6.C33H38N4O7/c1-17-18(2)36(49-6)34(46)30-21(17)12-25-27(14-39)43-26(31(30)42(25)4)13-22-29(33(45)37(50-7)19(3)35(22)48-5)28(43)16-41-38(47)32(44)23-15-40-24-11-9-8-10-20(23)24;1-15-16(2)31(44-6)29(41)26-18(15)10-21-23(12-34)39-22(27(26)38(21)4)11-19-25(28(40)32(45-7)17(3)30(19)43-5)24(39)14-37-33(42)20-13-35-8-9-36-20;1-15-16(2)31(42-6)29(39)26-18(15)11-20-22(13-34)37-21(27(26)36(20)4)12-19-25(28(38)32(43-7)17(3)30(19)41-5)23(37)14-35-33(40)24-9-8-10-44-24/h8-11,15,25-28,31,40,45-46H,12-13,16H2,1-7H3,(H,41,47);8-9,13,21-24,27,40-41H,10-11,14H2,1-7H3,(H,37,42);8-10,20-23,27,38-39H,11-12,14H2,1-7H3,(H,35,40)/t25-,26-,27-,28-,31-;21-,22-,23?,24-,27-;20-,21-,22-,23-,27-/m000/s1. The molecule has 9 aliphatic rings. The number of furan rings is 1. The third kappa shape index (κ3) is 14.8. The largest absolute Gasteiger partial charge is 0.504 e. The number of hydrogen-bond donors (Lipinski definition) is 10. The Balaban J connectivity index is 0.000000144. The number of carbonyl (C=O) groups excluding carboxylic acids is 4. The molecule has 10 N–H and O–H groups in total. The summed E-state index contributed by atoms with van der Waals surface area (Å²) in [6.45, 7) is 17.4. The summed E-state index contributed by atoms with van der Waals surface area (Å²) in [5, 5.41) is 112. The van der Waals surface area contributed by atoms with Crippen molar-refractivity contribution >= 4 is 34.4 Å². The van der Waals surface area contributed by atoms with Gasteiger partial charge in [0.25, 0.3) is 23.5 Å². The van der Waals surface area contributed by atoms with Gasteiger partial charge in [-0.2, -0.15) is 15.8 Å². The van der Waals surface area contributed by atoms with Crippen LogP contribution in [0.2, 0.25) is 0 Å². The van der Waals surface area contributed by atoms with Crippen LogP contribution < -0.4 is 58.6 Å². The summed E-state index contributed by atoms with van der Waals surface area (Å²) >= 11 is 0. The molecular weight excluding hydrogens is 1780 g/mol. The lowest BCUT2D eigenvalue weighted by Crippen LogP contribution is -2.69. The van der Waals surface area contributed by atoms with E-state index >= 15 is 0 Å². The van der Waals surface area contributed by atoms with Gasteiger partial charge >= 0.3 is 0 Å². The van der Waals surface area contributed by atoms with Crippen LogP contribution in [0.1, 0.15) is 184 Å². The third-order valence-electron chi connectivity index (χ3n) is 31.5. The van der Waals surface area contributed by atoms with E-state index in [4.69, 9.17) is 47.0 Å². The van der Waals surface area contributed by atoms with E-state index in [1.807, 2.05) is 93.6 Å². The number of phenols is 6. The fourth-order valence-electron chi connectivity index (χ4n) is 25.1. The van der Waals surface area contributed by atoms with E-state index in [0.717, 1.165) is 83.4 Å². The first-order valence-corrected chi connectivity index (χ1v) is 46.2. The number of likely N-dealkylation sites (N-methyl/N-ethyl adjacent to an activating group) is 3. The molecule has 0 aliphatic carbocycles. The minimum atomic E-state index is -0.814. The number of methoxy groups -OCH3 is 9. The van der Waals surface area contributed by atoms with Crippen LogP contribution in [0.3, 0.4) is 0 Å². The second-order valence-electron chi connectivity index (χ2n) is 37.2. The Labute approximate surface area is 805 Å². The number of nitrogens with zero attached hydrogens (tertiary/aromatic N) is 11. The minimum absolute atomic E-state index is 0.0475. The first-order chi connectivity index (χ1) is 66.7. The lowest BCUT2D eigenvalue weighted by molar-refractivity contribution is -0.118. The van der Waals surface area contributed by atoms with Gasteiger partial charge < -0.3 is 98.6 Å². The van der Waals surface area contributed by atoms with Crippen LogP contribution in [-0.2, 0) is 43.3 Å². The molecule has 35 heteroatoms. The number of benzene rings is 7. The van der Waals surface area contributed by atoms with Gasteiger partial charge in [0.15, 0.2) is 74.8 Å². The second kappa shape index (κ2) is 37.6. The van der Waals surface area contributed by atoms with Crippen molar-refractivity contribution in [2.45, 2.75) is 191 Å². The molecule has 3 aromatic heterocycles. The zero-order chi connectivity index (χ0) is 99.7. The lowest BCUT2D eigenvalue weighted by Gasteiger charge is -2.60. The molecule has 35 nitrogen and oxygen atoms in total. The van der Waals surface area contributed by atoms with Gasteiger partial charge in [0.05, 0.1) is 136 Å². The predicted octanol–water partition coefficient (Wildman–Crippen LogP) is 11.2. The van der Waals surface area contributed by atoms with E-state index in [-0.39, 0.29) is 131 Å². The van der Waals surface area contributed by atoms with Crippen molar-refractivity contribution in [1.82, 2.24) is 60.3 Å². The summed E-state index contributed by atoms with van der Waals surface area (Å²) in [5.41, 5.74) is 17.8. The van der Waals surface area contributed by atoms with E-state index in [0.29, 0.717) is 117 Å². The Bertz CT molecular complexity index is 6780. The predicted molar refractivity (Wildman–Crippen MR) is 510 cm³/mol. The van der Waals surface area contributed by atoms with Crippen LogP contribution in [0.15, 0.2) is 71.9 Å². The molecule has 139 heavy (non-hydrogen) atoms. The summed E-state index contributed by atoms with van der Waals surface area (Å²) in [6.07, 6.45) is 10.0. The number of hydrogen-bond acceptors (Lipinski definition) is 31. The molecule has 12 heterocycles. The zero-order valence-electron chi connectivity index (χ0n) is 81.7. The summed E-state index contributed by atoms with van der Waals surface area (Å²) < 4.78 is 57.2. The summed E-state index contributed by atoms with van der Waals surface area (Å²) in [4.78, 5) is 77.4. The van der Waals surface area contributed by atoms with Crippen molar-refractivity contribution in [3.8, 4) is 104 Å². The first kappa shape index (κ1) is 96.4. The van der Waals surface area contributed by atoms with Gasteiger partial charge in [-0.15, -0.1) is 0 Å². The van der Waals surface area contributed by atoms with Crippen molar-refractivity contribution < 1.29 is 96.9 Å². The average molecular weight is 1900 g/mol. The van der Waals surface area contributed by atoms with Crippen LogP contribution in [0.4, 0.5) is 0 Å². The number of aromatic hydroxyl groups is 6. The van der Waals surface area contributed by atoms with Crippen LogP contribution >= 0.6 is 0 Å². The number of ether oxygens (including phenoxy) is 9. The number of aromatic nitrogens is 3. The van der Waals surface area contributed by atoms with E-state index < -0.39 is 71.8 Å². The summed E-state index contributed by atoms with van der Waals surface area (Å²) in [6, 6.07) is 11.3. The highest BCUT2D eigenvalue weighted by Gasteiger charge is 2.62. The highest BCUT2D eigenvalue weighted by Crippen LogP contribution is 2.63. The van der Waals surface area contributed by atoms with Gasteiger partial charge in [0.2, 0.25) is 0 Å². The monoisotopic (exact) mass is 1900 g/mol. The number of amides is 3. The zero-order valence-corrected chi connectivity index (χ0v) is 81.7. The van der Waals surface area contributed by atoms with Crippen LogP contribution in [-0.4, -0.2) is 258 Å². The quantitative estimate of drug-likeness (QED) is 0.0265. The number of H-pyrrole nitrogens is 1. The SMILES string of the molecule is COc1c(C)c(C)c2c(c1O)[C@@H]1[C@@H]3Cc4c(OC)c(C)c(OC)c(O)c4[C@H](CNC(=O)C(=O)c4c[nH]c5ccccc45)N3[C@@H](C#N)[C@H](C2)N1C.COc1c(C)c(C)c2c(c1O)[C@@H]1[C@@H]3Cc4c(OC)c(C)c(OC)c(O)c4[C@H](CNC(=O)c4ccco4)N3[C@@H](C#N)[C@H](C2)N1C.COc1c(C)c(C)c2c(c1O)[C@@H]1[C@@H]3Cc4c(OC)c(C)c(OC)c(O)c4[C@H](CNC(=O)c4cnccn4)N3C(C#N)[C@H](C2)N1C. The molecule has 3 saturated heterocycles. The number of phenolic OH excluding ortho intramolecular Hbond substituents is 6. The van der Waals surface area contributed by atoms with Gasteiger partial charge in [0, 0.05) is 152 Å². The number of aromatic amines is 1. The normalized spacial score (nSPS) is 23.4. The summed E-state index contributed by atoms with van der Waals surface area (Å²) in [7, 11) is 19.8. The molecule has 15 atom stereocenters. The van der Waals surface area contributed by atoms with Gasteiger partial charge in [-0.3, -0.25) is 53.6 Å². The average Bonchev–Trinajstić information content (AvgIpc) is 1.15. The first-order valence-electron chi connectivity index (χ1n) is 46.2. The second-order valence-corrected chi connectivity index (χ2v) is 37.2. The topological polar surface area (TPSA) is 454 Å². The Morgan fingerprint density at radius 3 is 1.07 bits per heavy atom. The molecule has 7 aromatic carbocycles. The Morgan fingerprint density at radius 1 is 0.410 bits per heavy atom. The number of carbonyl (C=O) groups is 4. The molecule has 6 bridgehead atoms.